The van der Waals surface area contributed by atoms with Crippen LogP contribution >= 0.6 is 11.8 Å². The van der Waals surface area contributed by atoms with E-state index in [-0.39, 0.29) is 5.91 Å². The molecule has 0 aliphatic heterocycles. The molecule has 0 aliphatic carbocycles. The number of hydrogen-bond acceptors (Lipinski definition) is 3. The molecule has 0 saturated heterocycles. The van der Waals surface area contributed by atoms with Crippen LogP contribution in [0.1, 0.15) is 38.4 Å². The first-order valence-corrected chi connectivity index (χ1v) is 7.34. The molecule has 1 rings (SSSR count). The van der Waals surface area contributed by atoms with Crippen LogP contribution in [-0.4, -0.2) is 23.3 Å². The van der Waals surface area contributed by atoms with Gasteiger partial charge in [0.25, 0.3) is 0 Å². The number of nitrogens with one attached hydrogen (secondary N) is 1. The van der Waals surface area contributed by atoms with E-state index < -0.39 is 6.10 Å². The summed E-state index contributed by atoms with van der Waals surface area (Å²) in [5.74, 6) is 0.440. The van der Waals surface area contributed by atoms with Crippen molar-refractivity contribution in [3.8, 4) is 0 Å². The van der Waals surface area contributed by atoms with E-state index in [1.165, 1.54) is 11.8 Å². The Labute approximate surface area is 113 Å². The summed E-state index contributed by atoms with van der Waals surface area (Å²) >= 11 is 1.48. The number of rotatable bonds is 7. The molecule has 18 heavy (non-hydrogen) atoms. The predicted molar refractivity (Wildman–Crippen MR) is 75.7 cm³/mol. The molecule has 0 bridgehead atoms. The Morgan fingerprint density at radius 1 is 1.39 bits per heavy atom. The van der Waals surface area contributed by atoms with Crippen LogP contribution in [0.3, 0.4) is 0 Å². The van der Waals surface area contributed by atoms with Crippen LogP contribution in [0.4, 0.5) is 0 Å². The van der Waals surface area contributed by atoms with Crippen LogP contribution in [0.15, 0.2) is 29.2 Å². The molecule has 1 aromatic carbocycles. The van der Waals surface area contributed by atoms with Crippen molar-refractivity contribution in [2.24, 2.45) is 0 Å². The van der Waals surface area contributed by atoms with Crippen molar-refractivity contribution in [3.05, 3.63) is 29.8 Å². The van der Waals surface area contributed by atoms with Gasteiger partial charge in [-0.3, -0.25) is 4.79 Å². The second-order valence-electron chi connectivity index (χ2n) is 4.10. The summed E-state index contributed by atoms with van der Waals surface area (Å²) in [6.45, 7) is 4.69. The van der Waals surface area contributed by atoms with Crippen LogP contribution < -0.4 is 5.32 Å². The Bertz CT molecular complexity index is 382. The van der Waals surface area contributed by atoms with Gasteiger partial charge in [-0.05, 0) is 24.5 Å². The van der Waals surface area contributed by atoms with Gasteiger partial charge in [0, 0.05) is 11.4 Å². The first-order chi connectivity index (χ1) is 8.69. The van der Waals surface area contributed by atoms with Crippen molar-refractivity contribution >= 4 is 17.7 Å². The van der Waals surface area contributed by atoms with Crippen LogP contribution in [0, 0.1) is 0 Å². The van der Waals surface area contributed by atoms with Gasteiger partial charge in [0.2, 0.25) is 5.91 Å². The molecule has 100 valence electrons. The lowest BCUT2D eigenvalue weighted by Crippen LogP contribution is -2.25. The summed E-state index contributed by atoms with van der Waals surface area (Å²) in [5, 5.41) is 12.7. The molecule has 0 aromatic heterocycles. The normalized spacial score (nSPS) is 12.2. The molecular weight excluding hydrogens is 246 g/mol. The summed E-state index contributed by atoms with van der Waals surface area (Å²) in [4.78, 5) is 12.5. The van der Waals surface area contributed by atoms with Gasteiger partial charge in [-0.25, -0.2) is 0 Å². The molecule has 0 saturated carbocycles. The van der Waals surface area contributed by atoms with Crippen LogP contribution in [-0.2, 0) is 4.79 Å². The highest BCUT2D eigenvalue weighted by Gasteiger charge is 2.11. The van der Waals surface area contributed by atoms with E-state index >= 15 is 0 Å². The van der Waals surface area contributed by atoms with Gasteiger partial charge in [-0.2, -0.15) is 0 Å². The van der Waals surface area contributed by atoms with Crippen molar-refractivity contribution in [2.45, 2.75) is 37.7 Å². The molecule has 1 unspecified atom stereocenters. The molecule has 1 aromatic rings. The van der Waals surface area contributed by atoms with Crippen LogP contribution in [0.5, 0.6) is 0 Å². The minimum absolute atomic E-state index is 0.0441. The number of aliphatic hydroxyl groups excluding tert-OH is 1. The monoisotopic (exact) mass is 267 g/mol. The number of hydrogen-bond donors (Lipinski definition) is 2. The number of amides is 1. The molecule has 1 amide bonds. The zero-order valence-corrected chi connectivity index (χ0v) is 11.8. The molecule has 4 heteroatoms. The van der Waals surface area contributed by atoms with E-state index in [0.29, 0.717) is 12.2 Å². The Morgan fingerprint density at radius 3 is 2.78 bits per heavy atom. The van der Waals surface area contributed by atoms with Gasteiger partial charge in [0.15, 0.2) is 0 Å². The maximum absolute atomic E-state index is 11.5. The van der Waals surface area contributed by atoms with Gasteiger partial charge in [0.1, 0.15) is 0 Å². The zero-order chi connectivity index (χ0) is 13.4. The Kier molecular flexibility index (Phi) is 6.83. The minimum atomic E-state index is -0.451. The summed E-state index contributed by atoms with van der Waals surface area (Å²) in [6.07, 6.45) is 1.17. The number of carbonyl (C=O) groups excluding carboxylic acids is 1. The SMILES string of the molecule is CCCNC(=O)CSc1ccccc1C(O)CC. The van der Waals surface area contributed by atoms with E-state index in [1.807, 2.05) is 38.1 Å². The lowest BCUT2D eigenvalue weighted by atomic mass is 10.1. The summed E-state index contributed by atoms with van der Waals surface area (Å²) in [7, 11) is 0. The topological polar surface area (TPSA) is 49.3 Å². The van der Waals surface area contributed by atoms with Gasteiger partial charge >= 0.3 is 0 Å². The third kappa shape index (κ3) is 4.70. The van der Waals surface area contributed by atoms with Crippen molar-refractivity contribution in [1.82, 2.24) is 5.32 Å². The highest BCUT2D eigenvalue weighted by molar-refractivity contribution is 8.00. The number of aliphatic hydroxyl groups is 1. The number of benzene rings is 1. The molecule has 3 nitrogen and oxygen atoms in total. The van der Waals surface area contributed by atoms with Gasteiger partial charge < -0.3 is 10.4 Å². The molecule has 0 radical (unpaired) electrons. The number of thioether (sulfide) groups is 1. The molecule has 0 spiro atoms. The van der Waals surface area contributed by atoms with E-state index in [0.717, 1.165) is 23.4 Å². The van der Waals surface area contributed by atoms with Gasteiger partial charge in [-0.15, -0.1) is 11.8 Å². The lowest BCUT2D eigenvalue weighted by molar-refractivity contribution is -0.118. The third-order valence-corrected chi connectivity index (χ3v) is 3.68. The molecule has 2 N–H and O–H groups in total. The molecule has 0 aliphatic rings. The fourth-order valence-electron chi connectivity index (χ4n) is 1.57. The first kappa shape index (κ1) is 15.1. The molecule has 1 atom stereocenters. The van der Waals surface area contributed by atoms with Crippen molar-refractivity contribution in [2.75, 3.05) is 12.3 Å². The maximum Gasteiger partial charge on any atom is 0.230 e. The summed E-state index contributed by atoms with van der Waals surface area (Å²) in [5.41, 5.74) is 0.910. The van der Waals surface area contributed by atoms with E-state index in [4.69, 9.17) is 0 Å². The number of carbonyl (C=O) groups is 1. The standard InChI is InChI=1S/C14H21NO2S/c1-3-9-15-14(17)10-18-13-8-6-5-7-11(13)12(16)4-2/h5-8,12,16H,3-4,9-10H2,1-2H3,(H,15,17). The molecular formula is C14H21NO2S. The Hall–Kier alpha value is -1.00. The summed E-state index contributed by atoms with van der Waals surface area (Å²) < 4.78 is 0. The quantitative estimate of drug-likeness (QED) is 0.747. The summed E-state index contributed by atoms with van der Waals surface area (Å²) in [6, 6.07) is 7.71. The maximum atomic E-state index is 11.5. The van der Waals surface area contributed by atoms with Gasteiger partial charge in [0.05, 0.1) is 11.9 Å². The highest BCUT2D eigenvalue weighted by Crippen LogP contribution is 2.28. The second kappa shape index (κ2) is 8.16. The minimum Gasteiger partial charge on any atom is -0.388 e. The fraction of sp³-hybridized carbons (Fsp3) is 0.500. The fourth-order valence-corrected chi connectivity index (χ4v) is 2.50. The predicted octanol–water partition coefficient (Wildman–Crippen LogP) is 2.75. The third-order valence-electron chi connectivity index (χ3n) is 2.60. The average Bonchev–Trinajstić information content (AvgIpc) is 2.42. The van der Waals surface area contributed by atoms with E-state index in [1.54, 1.807) is 0 Å². The molecule has 0 fully saturated rings. The van der Waals surface area contributed by atoms with Crippen molar-refractivity contribution < 1.29 is 9.90 Å². The smallest absolute Gasteiger partial charge is 0.230 e. The van der Waals surface area contributed by atoms with E-state index in [9.17, 15) is 9.90 Å². The van der Waals surface area contributed by atoms with Crippen LogP contribution in [0.2, 0.25) is 0 Å². The lowest BCUT2D eigenvalue weighted by Gasteiger charge is -2.13. The van der Waals surface area contributed by atoms with Crippen LogP contribution in [0.25, 0.3) is 0 Å². The Morgan fingerprint density at radius 2 is 2.11 bits per heavy atom. The van der Waals surface area contributed by atoms with Crippen molar-refractivity contribution in [1.29, 1.82) is 0 Å². The highest BCUT2D eigenvalue weighted by atomic mass is 32.2. The second-order valence-corrected chi connectivity index (χ2v) is 5.12. The first-order valence-electron chi connectivity index (χ1n) is 6.35. The largest absolute Gasteiger partial charge is 0.388 e. The zero-order valence-electron chi connectivity index (χ0n) is 11.0. The Balaban J connectivity index is 2.59. The van der Waals surface area contributed by atoms with E-state index in [2.05, 4.69) is 5.32 Å². The average molecular weight is 267 g/mol. The van der Waals surface area contributed by atoms with Gasteiger partial charge in [-0.1, -0.05) is 32.0 Å². The molecule has 0 heterocycles. The van der Waals surface area contributed by atoms with Crippen molar-refractivity contribution in [3.63, 3.8) is 0 Å².